The Labute approximate surface area is 83.2 Å². The largest absolute Gasteiger partial charge is 0.327 e. The van der Waals surface area contributed by atoms with Crippen LogP contribution in [-0.4, -0.2) is 9.97 Å². The Morgan fingerprint density at radius 2 is 2.36 bits per heavy atom. The Hall–Kier alpha value is -1.82. The molecule has 0 aliphatic carbocycles. The Balaban J connectivity index is 2.27. The second kappa shape index (κ2) is 3.93. The summed E-state index contributed by atoms with van der Waals surface area (Å²) in [5.74, 6) is 0. The maximum atomic E-state index is 11.2. The highest BCUT2D eigenvalue weighted by Crippen LogP contribution is 2.17. The van der Waals surface area contributed by atoms with Crippen LogP contribution >= 0.6 is 11.3 Å². The van der Waals surface area contributed by atoms with Crippen LogP contribution in [0.4, 0.5) is 10.8 Å². The summed E-state index contributed by atoms with van der Waals surface area (Å²) in [6.07, 6.45) is 3.18. The van der Waals surface area contributed by atoms with Crippen molar-refractivity contribution in [1.82, 2.24) is 9.97 Å². The lowest BCUT2D eigenvalue weighted by Crippen LogP contribution is -2.01. The molecule has 0 saturated carbocycles. The number of rotatable bonds is 2. The fourth-order valence-electron chi connectivity index (χ4n) is 0.853. The summed E-state index contributed by atoms with van der Waals surface area (Å²) in [5.41, 5.74) is 0.0236. The van der Waals surface area contributed by atoms with Gasteiger partial charge in [-0.2, -0.15) is 0 Å². The molecule has 0 aliphatic rings. The first-order valence-electron chi connectivity index (χ1n) is 3.85. The zero-order chi connectivity index (χ0) is 9.80. The van der Waals surface area contributed by atoms with Crippen molar-refractivity contribution in [2.75, 3.05) is 0 Å². The van der Waals surface area contributed by atoms with E-state index in [4.69, 9.17) is 0 Å². The van der Waals surface area contributed by atoms with Crippen molar-refractivity contribution in [2.45, 2.75) is 0 Å². The molecule has 2 rings (SSSR count). The van der Waals surface area contributed by atoms with Gasteiger partial charge in [0.1, 0.15) is 0 Å². The molecule has 2 aromatic heterocycles. The minimum absolute atomic E-state index is 0.257. The van der Waals surface area contributed by atoms with Crippen molar-refractivity contribution >= 4 is 22.2 Å². The van der Waals surface area contributed by atoms with Crippen LogP contribution in [0.3, 0.4) is 0 Å². The third kappa shape index (κ3) is 1.91. The van der Waals surface area contributed by atoms with Gasteiger partial charge in [-0.1, -0.05) is 0 Å². The molecule has 0 aliphatic heterocycles. The smallest absolute Gasteiger partial charge is 0.275 e. The van der Waals surface area contributed by atoms with Gasteiger partial charge in [0.25, 0.3) is 5.56 Å². The summed E-state index contributed by atoms with van der Waals surface area (Å²) in [4.78, 5) is 17.6. The number of aromatic nitrogens is 2. The van der Waals surface area contributed by atoms with Gasteiger partial charge < -0.3 is 4.98 Å². The minimum atomic E-state index is -0.257. The number of hydrogen-bond donors (Lipinski definition) is 1. The van der Waals surface area contributed by atoms with Gasteiger partial charge in [0, 0.05) is 17.8 Å². The summed E-state index contributed by atoms with van der Waals surface area (Å²) in [7, 11) is 0. The molecular formula is C8H6N4OS. The van der Waals surface area contributed by atoms with Gasteiger partial charge in [0.05, 0.1) is 0 Å². The van der Waals surface area contributed by atoms with Crippen LogP contribution in [0.15, 0.2) is 44.9 Å². The Morgan fingerprint density at radius 3 is 3.07 bits per heavy atom. The van der Waals surface area contributed by atoms with Crippen LogP contribution in [-0.2, 0) is 0 Å². The second-order valence-corrected chi connectivity index (χ2v) is 3.27. The van der Waals surface area contributed by atoms with Gasteiger partial charge in [-0.25, -0.2) is 4.98 Å². The van der Waals surface area contributed by atoms with E-state index < -0.39 is 0 Å². The van der Waals surface area contributed by atoms with Crippen LogP contribution in [0.2, 0.25) is 0 Å². The highest BCUT2D eigenvalue weighted by Gasteiger charge is 1.95. The molecule has 0 unspecified atom stereocenters. The molecule has 0 atom stereocenters. The monoisotopic (exact) mass is 206 g/mol. The van der Waals surface area contributed by atoms with Crippen molar-refractivity contribution in [3.05, 3.63) is 40.3 Å². The first-order valence-corrected chi connectivity index (χ1v) is 4.73. The maximum absolute atomic E-state index is 11.2. The molecule has 0 saturated heterocycles. The number of H-pyrrole nitrogens is 1. The van der Waals surface area contributed by atoms with E-state index in [1.165, 1.54) is 11.3 Å². The molecule has 1 N–H and O–H groups in total. The topological polar surface area (TPSA) is 70.5 Å². The summed E-state index contributed by atoms with van der Waals surface area (Å²) < 4.78 is 0. The fraction of sp³-hybridized carbons (Fsp3) is 0. The van der Waals surface area contributed by atoms with Crippen molar-refractivity contribution < 1.29 is 0 Å². The molecule has 70 valence electrons. The van der Waals surface area contributed by atoms with E-state index in [2.05, 4.69) is 20.2 Å². The van der Waals surface area contributed by atoms with E-state index in [1.807, 2.05) is 0 Å². The van der Waals surface area contributed by atoms with Crippen LogP contribution in [0, 0.1) is 0 Å². The zero-order valence-corrected chi connectivity index (χ0v) is 7.86. The summed E-state index contributed by atoms with van der Waals surface area (Å²) in [5, 5.41) is 9.92. The molecule has 2 heterocycles. The van der Waals surface area contributed by atoms with Crippen LogP contribution < -0.4 is 5.56 Å². The minimum Gasteiger partial charge on any atom is -0.327 e. The molecule has 0 amide bonds. The van der Waals surface area contributed by atoms with E-state index in [0.29, 0.717) is 5.13 Å². The summed E-state index contributed by atoms with van der Waals surface area (Å²) in [6.45, 7) is 0. The number of aromatic amines is 1. The Morgan fingerprint density at radius 1 is 1.43 bits per heavy atom. The van der Waals surface area contributed by atoms with Crippen molar-refractivity contribution in [3.8, 4) is 0 Å². The third-order valence-corrected chi connectivity index (χ3v) is 2.12. The van der Waals surface area contributed by atoms with Crippen LogP contribution in [0.5, 0.6) is 0 Å². The molecule has 0 radical (unpaired) electrons. The average Bonchev–Trinajstić information content (AvgIpc) is 2.69. The molecule has 0 fully saturated rings. The van der Waals surface area contributed by atoms with Crippen molar-refractivity contribution in [3.63, 3.8) is 0 Å². The number of pyridine rings is 1. The molecule has 5 nitrogen and oxygen atoms in total. The first-order chi connectivity index (χ1) is 6.86. The number of hydrogen-bond acceptors (Lipinski definition) is 5. The highest BCUT2D eigenvalue weighted by atomic mass is 32.1. The van der Waals surface area contributed by atoms with E-state index in [-0.39, 0.29) is 11.2 Å². The molecule has 0 aromatic carbocycles. The molecule has 6 heteroatoms. The van der Waals surface area contributed by atoms with Gasteiger partial charge in [-0.05, 0) is 12.1 Å². The van der Waals surface area contributed by atoms with Crippen molar-refractivity contribution in [2.24, 2.45) is 10.2 Å². The lowest BCUT2D eigenvalue weighted by molar-refractivity contribution is 1.14. The maximum Gasteiger partial charge on any atom is 0.275 e. The lowest BCUT2D eigenvalue weighted by Gasteiger charge is -1.87. The van der Waals surface area contributed by atoms with Crippen LogP contribution in [0.25, 0.3) is 0 Å². The third-order valence-electron chi connectivity index (χ3n) is 1.46. The molecule has 0 bridgehead atoms. The molecule has 14 heavy (non-hydrogen) atoms. The van der Waals surface area contributed by atoms with E-state index in [1.54, 1.807) is 29.9 Å². The zero-order valence-electron chi connectivity index (χ0n) is 7.04. The van der Waals surface area contributed by atoms with Gasteiger partial charge in [-0.3, -0.25) is 4.79 Å². The van der Waals surface area contributed by atoms with E-state index >= 15 is 0 Å². The lowest BCUT2D eigenvalue weighted by atomic mass is 10.4. The number of azo groups is 1. The molecule has 2 aromatic rings. The number of nitrogens with one attached hydrogen (secondary N) is 1. The first kappa shape index (κ1) is 8.76. The Bertz CT molecular complexity index is 488. The standard InChI is InChI=1S/C8H6N4OS/c13-7-6(2-1-3-9-7)11-12-8-10-4-5-14-8/h1-5H,(H,9,13). The predicted molar refractivity (Wildman–Crippen MR) is 53.4 cm³/mol. The van der Waals surface area contributed by atoms with Gasteiger partial charge >= 0.3 is 0 Å². The quantitative estimate of drug-likeness (QED) is 0.765. The molecule has 0 spiro atoms. The fourth-order valence-corrected chi connectivity index (χ4v) is 1.31. The van der Waals surface area contributed by atoms with E-state index in [9.17, 15) is 4.79 Å². The van der Waals surface area contributed by atoms with Gasteiger partial charge in [0.2, 0.25) is 5.13 Å². The number of nitrogens with zero attached hydrogens (tertiary/aromatic N) is 3. The predicted octanol–water partition coefficient (Wildman–Crippen LogP) is 2.25. The normalized spacial score (nSPS) is 10.9. The number of thiazole rings is 1. The average molecular weight is 206 g/mol. The summed E-state index contributed by atoms with van der Waals surface area (Å²) in [6, 6.07) is 3.29. The Kier molecular flexibility index (Phi) is 2.46. The SMILES string of the molecule is O=c1[nH]cccc1N=Nc1nccs1. The highest BCUT2D eigenvalue weighted by molar-refractivity contribution is 7.13. The van der Waals surface area contributed by atoms with Crippen molar-refractivity contribution in [1.29, 1.82) is 0 Å². The summed E-state index contributed by atoms with van der Waals surface area (Å²) >= 11 is 1.36. The van der Waals surface area contributed by atoms with Gasteiger partial charge in [0.15, 0.2) is 5.69 Å². The van der Waals surface area contributed by atoms with Crippen LogP contribution in [0.1, 0.15) is 0 Å². The second-order valence-electron chi connectivity index (χ2n) is 2.40. The molecular weight excluding hydrogens is 200 g/mol. The van der Waals surface area contributed by atoms with E-state index in [0.717, 1.165) is 0 Å². The van der Waals surface area contributed by atoms with Gasteiger partial charge in [-0.15, -0.1) is 21.6 Å².